The van der Waals surface area contributed by atoms with Gasteiger partial charge in [-0.25, -0.2) is 19.3 Å². The molecule has 0 saturated carbocycles. The zero-order valence-electron chi connectivity index (χ0n) is 15.8. The molecule has 1 aliphatic rings. The molecule has 8 heteroatoms. The number of hydrogen-bond donors (Lipinski definition) is 0. The lowest BCUT2D eigenvalue weighted by Gasteiger charge is -2.29. The highest BCUT2D eigenvalue weighted by atomic mass is 32.2. The van der Waals surface area contributed by atoms with Crippen LogP contribution in [0.5, 0.6) is 0 Å². The van der Waals surface area contributed by atoms with E-state index in [4.69, 9.17) is 4.98 Å². The van der Waals surface area contributed by atoms with Crippen LogP contribution in [0.2, 0.25) is 0 Å². The van der Waals surface area contributed by atoms with E-state index in [-0.39, 0.29) is 11.0 Å². The third-order valence-corrected chi connectivity index (χ3v) is 6.77. The Morgan fingerprint density at radius 3 is 2.64 bits per heavy atom. The van der Waals surface area contributed by atoms with Crippen molar-refractivity contribution in [1.82, 2.24) is 15.0 Å². The number of rotatable bonds is 4. The predicted octanol–water partition coefficient (Wildman–Crippen LogP) is 4.38. The van der Waals surface area contributed by atoms with Gasteiger partial charge in [0.05, 0.1) is 27.1 Å². The highest BCUT2D eigenvalue weighted by Gasteiger charge is 2.24. The summed E-state index contributed by atoms with van der Waals surface area (Å²) in [7, 11) is -1.29. The molecule has 28 heavy (non-hydrogen) atoms. The fraction of sp³-hybridized carbons (Fsp3) is 0.350. The molecule has 5 nitrogen and oxygen atoms in total. The van der Waals surface area contributed by atoms with Crippen molar-refractivity contribution in [2.24, 2.45) is 5.92 Å². The van der Waals surface area contributed by atoms with Gasteiger partial charge < -0.3 is 4.90 Å². The second-order valence-corrected chi connectivity index (χ2v) is 9.25. The molecule has 0 N–H and O–H groups in total. The topological polar surface area (TPSA) is 59.0 Å². The highest BCUT2D eigenvalue weighted by molar-refractivity contribution is 7.84. The summed E-state index contributed by atoms with van der Waals surface area (Å²) in [6.07, 6.45) is 5.38. The molecule has 1 unspecified atom stereocenters. The standard InChI is InChI=1S/C20H21FN4OS2/c1-13-8-11-25(12-9-13)20-24-17(14-5-3-4-6-15(14)21)18(27-20)16-7-10-22-19(23-16)28(2)26/h3-7,10,13H,8-9,11-12H2,1-2H3. The first-order valence-corrected chi connectivity index (χ1v) is 11.6. The zero-order valence-corrected chi connectivity index (χ0v) is 17.4. The lowest BCUT2D eigenvalue weighted by molar-refractivity contribution is 0.438. The summed E-state index contributed by atoms with van der Waals surface area (Å²) < 4.78 is 26.4. The first-order valence-electron chi connectivity index (χ1n) is 9.20. The summed E-state index contributed by atoms with van der Waals surface area (Å²) in [6.45, 7) is 4.15. The molecule has 0 bridgehead atoms. The third kappa shape index (κ3) is 3.84. The minimum atomic E-state index is -1.29. The van der Waals surface area contributed by atoms with Crippen LogP contribution in [0, 0.1) is 11.7 Å². The van der Waals surface area contributed by atoms with E-state index in [0.29, 0.717) is 22.9 Å². The summed E-state index contributed by atoms with van der Waals surface area (Å²) in [4.78, 5) is 16.4. The zero-order chi connectivity index (χ0) is 19.7. The maximum atomic E-state index is 14.6. The van der Waals surface area contributed by atoms with E-state index < -0.39 is 10.8 Å². The quantitative estimate of drug-likeness (QED) is 0.591. The molecule has 3 heterocycles. The fourth-order valence-corrected chi connectivity index (χ4v) is 4.80. The van der Waals surface area contributed by atoms with Crippen molar-refractivity contribution in [3.05, 3.63) is 42.3 Å². The Labute approximate surface area is 170 Å². The Hall–Kier alpha value is -2.19. The minimum absolute atomic E-state index is 0.263. The maximum absolute atomic E-state index is 14.6. The number of piperidine rings is 1. The van der Waals surface area contributed by atoms with Gasteiger partial charge in [-0.2, -0.15) is 0 Å². The van der Waals surface area contributed by atoms with Gasteiger partial charge in [-0.05, 0) is 37.0 Å². The number of nitrogens with zero attached hydrogens (tertiary/aromatic N) is 4. The van der Waals surface area contributed by atoms with Crippen LogP contribution in [0.15, 0.2) is 41.7 Å². The minimum Gasteiger partial charge on any atom is -0.348 e. The Morgan fingerprint density at radius 1 is 1.18 bits per heavy atom. The number of benzene rings is 1. The molecule has 1 aliphatic heterocycles. The number of aromatic nitrogens is 3. The number of hydrogen-bond acceptors (Lipinski definition) is 6. The smallest absolute Gasteiger partial charge is 0.218 e. The third-order valence-electron chi connectivity index (χ3n) is 4.92. The lowest BCUT2D eigenvalue weighted by Crippen LogP contribution is -2.32. The normalized spacial score (nSPS) is 16.3. The van der Waals surface area contributed by atoms with E-state index >= 15 is 0 Å². The Balaban J connectivity index is 1.83. The van der Waals surface area contributed by atoms with Gasteiger partial charge in [0.25, 0.3) is 0 Å². The molecular weight excluding hydrogens is 395 g/mol. The molecule has 1 aromatic carbocycles. The van der Waals surface area contributed by atoms with Gasteiger partial charge in [-0.3, -0.25) is 4.21 Å². The second kappa shape index (κ2) is 8.05. The highest BCUT2D eigenvalue weighted by Crippen LogP contribution is 2.41. The molecule has 2 aromatic heterocycles. The predicted molar refractivity (Wildman–Crippen MR) is 111 cm³/mol. The molecule has 0 spiro atoms. The van der Waals surface area contributed by atoms with Gasteiger partial charge in [0.1, 0.15) is 5.82 Å². The number of halogens is 1. The molecular formula is C20H21FN4OS2. The van der Waals surface area contributed by atoms with Gasteiger partial charge in [-0.15, -0.1) is 0 Å². The Morgan fingerprint density at radius 2 is 1.93 bits per heavy atom. The summed E-state index contributed by atoms with van der Waals surface area (Å²) in [5, 5.41) is 1.14. The van der Waals surface area contributed by atoms with Crippen LogP contribution >= 0.6 is 11.3 Å². The largest absolute Gasteiger partial charge is 0.348 e. The van der Waals surface area contributed by atoms with Gasteiger partial charge in [0, 0.05) is 31.1 Å². The maximum Gasteiger partial charge on any atom is 0.218 e. The van der Waals surface area contributed by atoms with E-state index in [1.54, 1.807) is 36.7 Å². The van der Waals surface area contributed by atoms with Crippen LogP contribution in [-0.4, -0.2) is 38.5 Å². The summed E-state index contributed by atoms with van der Waals surface area (Å²) >= 11 is 1.50. The van der Waals surface area contributed by atoms with Crippen molar-refractivity contribution in [2.75, 3.05) is 24.2 Å². The molecule has 1 atom stereocenters. The monoisotopic (exact) mass is 416 g/mol. The van der Waals surface area contributed by atoms with Crippen LogP contribution in [0.25, 0.3) is 21.8 Å². The summed E-state index contributed by atoms with van der Waals surface area (Å²) in [6, 6.07) is 8.40. The van der Waals surface area contributed by atoms with E-state index in [2.05, 4.69) is 21.8 Å². The van der Waals surface area contributed by atoms with Crippen LogP contribution in [-0.2, 0) is 10.8 Å². The summed E-state index contributed by atoms with van der Waals surface area (Å²) in [5.74, 6) is 0.395. The molecule has 3 aromatic rings. The Kier molecular flexibility index (Phi) is 5.50. The van der Waals surface area contributed by atoms with Crippen molar-refractivity contribution < 1.29 is 8.60 Å². The van der Waals surface area contributed by atoms with Crippen LogP contribution in [0.3, 0.4) is 0 Å². The number of thiazole rings is 1. The Bertz CT molecular complexity index is 1010. The van der Waals surface area contributed by atoms with Crippen molar-refractivity contribution in [3.8, 4) is 21.8 Å². The summed E-state index contributed by atoms with van der Waals surface area (Å²) in [5.41, 5.74) is 1.64. The molecule has 0 aliphatic carbocycles. The molecule has 0 radical (unpaired) electrons. The molecule has 1 saturated heterocycles. The van der Waals surface area contributed by atoms with E-state index in [1.165, 1.54) is 17.4 Å². The molecule has 4 rings (SSSR count). The van der Waals surface area contributed by atoms with Crippen LogP contribution in [0.4, 0.5) is 9.52 Å². The fourth-order valence-electron chi connectivity index (χ4n) is 3.26. The first-order chi connectivity index (χ1) is 13.5. The van der Waals surface area contributed by atoms with Crippen molar-refractivity contribution >= 4 is 27.3 Å². The molecule has 0 amide bonds. The van der Waals surface area contributed by atoms with Crippen LogP contribution in [0.1, 0.15) is 19.8 Å². The number of anilines is 1. The SMILES string of the molecule is CC1CCN(c2nc(-c3ccccc3F)c(-c3ccnc(S(C)=O)n3)s2)CC1. The second-order valence-electron chi connectivity index (χ2n) is 7.00. The molecule has 1 fully saturated rings. The average molecular weight is 417 g/mol. The van der Waals surface area contributed by atoms with E-state index in [1.807, 2.05) is 0 Å². The average Bonchev–Trinajstić information content (AvgIpc) is 3.14. The van der Waals surface area contributed by atoms with Crippen LogP contribution < -0.4 is 4.90 Å². The van der Waals surface area contributed by atoms with Gasteiger partial charge in [0.15, 0.2) is 5.13 Å². The van der Waals surface area contributed by atoms with Crippen molar-refractivity contribution in [1.29, 1.82) is 0 Å². The van der Waals surface area contributed by atoms with Crippen molar-refractivity contribution in [3.63, 3.8) is 0 Å². The van der Waals surface area contributed by atoms with E-state index in [0.717, 1.165) is 35.9 Å². The van der Waals surface area contributed by atoms with E-state index in [9.17, 15) is 8.60 Å². The molecule has 146 valence electrons. The lowest BCUT2D eigenvalue weighted by atomic mass is 10.00. The van der Waals surface area contributed by atoms with Gasteiger partial charge in [-0.1, -0.05) is 30.4 Å². The van der Waals surface area contributed by atoms with Gasteiger partial charge >= 0.3 is 0 Å². The van der Waals surface area contributed by atoms with Crippen molar-refractivity contribution in [2.45, 2.75) is 24.9 Å². The van der Waals surface area contributed by atoms with Gasteiger partial charge in [0.2, 0.25) is 5.16 Å². The first kappa shape index (κ1) is 19.1.